The molecule has 4 heteroatoms. The van der Waals surface area contributed by atoms with Gasteiger partial charge >= 0.3 is 5.97 Å². The lowest BCUT2D eigenvalue weighted by molar-refractivity contribution is -0.130. The summed E-state index contributed by atoms with van der Waals surface area (Å²) in [6, 6.07) is 9.88. The summed E-state index contributed by atoms with van der Waals surface area (Å²) in [5.74, 6) is 0.455. The van der Waals surface area contributed by atoms with Crippen molar-refractivity contribution in [2.45, 2.75) is 149 Å². The third kappa shape index (κ3) is 25.7. The van der Waals surface area contributed by atoms with Gasteiger partial charge in [0.05, 0.1) is 36.3 Å². The summed E-state index contributed by atoms with van der Waals surface area (Å²) in [6.45, 7) is 11.1. The van der Waals surface area contributed by atoms with Crippen molar-refractivity contribution in [3.8, 4) is 0 Å². The average molecular weight is 568 g/mol. The van der Waals surface area contributed by atoms with Crippen molar-refractivity contribution in [2.24, 2.45) is 0 Å². The first kappa shape index (κ1) is 37.5. The second kappa shape index (κ2) is 28.0. The molecule has 0 bridgehead atoms. The molecule has 0 aliphatic rings. The Kier molecular flexibility index (Phi) is 27.6. The Morgan fingerprint density at radius 2 is 1.00 bits per heavy atom. The van der Waals surface area contributed by atoms with Gasteiger partial charge in [-0.2, -0.15) is 0 Å². The van der Waals surface area contributed by atoms with Crippen molar-refractivity contribution in [1.82, 2.24) is 0 Å². The molecule has 0 aliphatic heterocycles. The molecule has 0 amide bonds. The molecule has 0 aromatic heterocycles. The van der Waals surface area contributed by atoms with Gasteiger partial charge in [-0.15, -0.1) is 0 Å². The fourth-order valence-electron chi connectivity index (χ4n) is 4.91. The van der Waals surface area contributed by atoms with Gasteiger partial charge in [-0.3, -0.25) is 4.79 Å². The lowest BCUT2D eigenvalue weighted by Crippen LogP contribution is -2.08. The lowest BCUT2D eigenvalue weighted by Gasteiger charge is -2.24. The minimum atomic E-state index is -0.636. The van der Waals surface area contributed by atoms with E-state index in [1.807, 2.05) is 30.3 Å². The van der Waals surface area contributed by atoms with Crippen LogP contribution < -0.4 is 0 Å². The van der Waals surface area contributed by atoms with Crippen LogP contribution >= 0.6 is 19.3 Å². The zero-order valence-electron chi connectivity index (χ0n) is 26.1. The van der Waals surface area contributed by atoms with Crippen LogP contribution in [0.15, 0.2) is 30.3 Å². The largest absolute Gasteiger partial charge is 0.391 e. The first-order chi connectivity index (χ1) is 18.5. The molecule has 0 saturated heterocycles. The van der Waals surface area contributed by atoms with Crippen molar-refractivity contribution in [3.05, 3.63) is 35.9 Å². The first-order valence-corrected chi connectivity index (χ1v) is 19.8. The van der Waals surface area contributed by atoms with Crippen LogP contribution in [0, 0.1) is 0 Å². The van der Waals surface area contributed by atoms with Gasteiger partial charge in [0.25, 0.3) is 0 Å². The second-order valence-electron chi connectivity index (χ2n) is 11.4. The Hall–Kier alpha value is -0.530. The van der Waals surface area contributed by atoms with Crippen molar-refractivity contribution >= 4 is 25.3 Å². The van der Waals surface area contributed by atoms with Gasteiger partial charge in [0.2, 0.25) is 0 Å². The smallest absolute Gasteiger partial charge is 0.314 e. The molecule has 0 unspecified atom stereocenters. The van der Waals surface area contributed by atoms with E-state index in [9.17, 15) is 4.79 Å². The van der Waals surface area contributed by atoms with Gasteiger partial charge in [0.15, 0.2) is 0 Å². The molecule has 222 valence electrons. The highest BCUT2D eigenvalue weighted by atomic mass is 32.2. The zero-order valence-corrected chi connectivity index (χ0v) is 27.8. The molecule has 0 atom stereocenters. The minimum Gasteiger partial charge on any atom is -0.391 e. The van der Waals surface area contributed by atoms with E-state index in [1.54, 1.807) is 18.5 Å². The van der Waals surface area contributed by atoms with Crippen LogP contribution in [0.3, 0.4) is 0 Å². The second-order valence-corrected chi connectivity index (χ2v) is 16.7. The van der Waals surface area contributed by atoms with Gasteiger partial charge in [0, 0.05) is 20.9 Å². The number of carbonyl (C=O) groups is 1. The first-order valence-electron chi connectivity index (χ1n) is 16.1. The van der Waals surface area contributed by atoms with Gasteiger partial charge in [-0.05, 0) is 44.1 Å². The fraction of sp³-hybridized carbons (Fsp3) is 0.794. The van der Waals surface area contributed by atoms with Crippen LogP contribution in [-0.4, -0.2) is 31.1 Å². The molecule has 2 nitrogen and oxygen atoms in total. The Balaban J connectivity index is 0.000000942. The maximum Gasteiger partial charge on any atom is 0.314 e. The standard InChI is InChI=1S/C25H54P.C9H10O2S/c1-5-8-11-14-17-20-23-26(4,24-21-18-15-12-9-6-2)25-22-19-16-13-10-7-3;1-8(10)11-12-7-9-5-3-2-4-6-9/h5-25H2,1-4H3;2-6H,7H2,1H3/q+1;. The highest BCUT2D eigenvalue weighted by molar-refractivity contribution is 7.94. The molecule has 0 radical (unpaired) electrons. The highest BCUT2D eigenvalue weighted by Crippen LogP contribution is 2.57. The van der Waals surface area contributed by atoms with Crippen LogP contribution in [0.5, 0.6) is 0 Å². The van der Waals surface area contributed by atoms with E-state index in [-0.39, 0.29) is 5.97 Å². The lowest BCUT2D eigenvalue weighted by atomic mass is 10.1. The molecular weight excluding hydrogens is 503 g/mol. The van der Waals surface area contributed by atoms with Gasteiger partial charge in [-0.25, -0.2) is 0 Å². The summed E-state index contributed by atoms with van der Waals surface area (Å²) < 4.78 is 4.72. The Bertz CT molecular complexity index is 581. The number of rotatable bonds is 24. The van der Waals surface area contributed by atoms with E-state index in [2.05, 4.69) is 27.4 Å². The maximum atomic E-state index is 10.4. The van der Waals surface area contributed by atoms with E-state index in [0.29, 0.717) is 5.75 Å². The minimum absolute atomic E-state index is 0.254. The molecular formula is C34H64O2PS+. The summed E-state index contributed by atoms with van der Waals surface area (Å²) in [7, 11) is -0.636. The van der Waals surface area contributed by atoms with Gasteiger partial charge in [-0.1, -0.05) is 128 Å². The van der Waals surface area contributed by atoms with Gasteiger partial charge < -0.3 is 4.18 Å². The van der Waals surface area contributed by atoms with Crippen LogP contribution in [-0.2, 0) is 14.7 Å². The fourth-order valence-corrected chi connectivity index (χ4v) is 9.10. The quantitative estimate of drug-likeness (QED) is 0.0706. The molecule has 38 heavy (non-hydrogen) atoms. The Morgan fingerprint density at radius 1 is 0.632 bits per heavy atom. The Labute approximate surface area is 243 Å². The number of unbranched alkanes of at least 4 members (excludes halogenated alkanes) is 15. The van der Waals surface area contributed by atoms with Crippen molar-refractivity contribution in [1.29, 1.82) is 0 Å². The van der Waals surface area contributed by atoms with Crippen molar-refractivity contribution in [2.75, 3.05) is 25.2 Å². The third-order valence-corrected chi connectivity index (χ3v) is 12.4. The zero-order chi connectivity index (χ0) is 28.2. The summed E-state index contributed by atoms with van der Waals surface area (Å²) in [5.41, 5.74) is 1.16. The summed E-state index contributed by atoms with van der Waals surface area (Å²) in [5, 5.41) is 0. The van der Waals surface area contributed by atoms with E-state index >= 15 is 0 Å². The molecule has 1 aromatic carbocycles. The Morgan fingerprint density at radius 3 is 1.37 bits per heavy atom. The molecule has 1 rings (SSSR count). The van der Waals surface area contributed by atoms with E-state index in [1.165, 1.54) is 122 Å². The number of carbonyl (C=O) groups excluding carboxylic acids is 1. The summed E-state index contributed by atoms with van der Waals surface area (Å²) in [6.07, 6.45) is 31.2. The normalized spacial score (nSPS) is 11.2. The monoisotopic (exact) mass is 567 g/mol. The third-order valence-electron chi connectivity index (χ3n) is 7.40. The molecule has 0 N–H and O–H groups in total. The van der Waals surface area contributed by atoms with Crippen LogP contribution in [0.25, 0.3) is 0 Å². The molecule has 0 saturated carbocycles. The topological polar surface area (TPSA) is 26.3 Å². The maximum absolute atomic E-state index is 10.4. The highest BCUT2D eigenvalue weighted by Gasteiger charge is 2.29. The van der Waals surface area contributed by atoms with E-state index in [4.69, 9.17) is 4.18 Å². The number of benzene rings is 1. The van der Waals surface area contributed by atoms with Crippen LogP contribution in [0.4, 0.5) is 0 Å². The molecule has 0 spiro atoms. The van der Waals surface area contributed by atoms with Crippen molar-refractivity contribution in [3.63, 3.8) is 0 Å². The molecule has 0 fully saturated rings. The summed E-state index contributed by atoms with van der Waals surface area (Å²) in [4.78, 5) is 10.4. The average Bonchev–Trinajstić information content (AvgIpc) is 2.91. The summed E-state index contributed by atoms with van der Waals surface area (Å²) >= 11 is 1.16. The number of hydrogen-bond acceptors (Lipinski definition) is 3. The number of hydrogen-bond donors (Lipinski definition) is 0. The van der Waals surface area contributed by atoms with Crippen LogP contribution in [0.1, 0.15) is 149 Å². The van der Waals surface area contributed by atoms with Crippen LogP contribution in [0.2, 0.25) is 0 Å². The van der Waals surface area contributed by atoms with E-state index < -0.39 is 7.26 Å². The van der Waals surface area contributed by atoms with Gasteiger partial charge in [0.1, 0.15) is 0 Å². The van der Waals surface area contributed by atoms with E-state index in [0.717, 1.165) is 17.6 Å². The molecule has 1 aromatic rings. The molecule has 0 heterocycles. The van der Waals surface area contributed by atoms with Crippen molar-refractivity contribution < 1.29 is 8.98 Å². The molecule has 0 aliphatic carbocycles. The predicted octanol–water partition coefficient (Wildman–Crippen LogP) is 12.1. The SMILES string of the molecule is CC(=O)OSCc1ccccc1.CCCCCCCC[P+](C)(CCCCCCCC)CCCCCCCC. The predicted molar refractivity (Wildman–Crippen MR) is 177 cm³/mol.